The number of aromatic nitrogens is 2. The molecule has 2 heterocycles. The molecule has 0 saturated heterocycles. The largest absolute Gasteiger partial charge is 0.349 e. The fourth-order valence-corrected chi connectivity index (χ4v) is 2.82. The summed E-state index contributed by atoms with van der Waals surface area (Å²) in [6, 6.07) is 3.85. The maximum absolute atomic E-state index is 11.9. The number of thiophene rings is 1. The van der Waals surface area contributed by atoms with Crippen LogP contribution in [0, 0.1) is 6.92 Å². The minimum atomic E-state index is -0.531. The van der Waals surface area contributed by atoms with Gasteiger partial charge in [0.05, 0.1) is 6.04 Å². The Hall–Kier alpha value is -2.15. The van der Waals surface area contributed by atoms with Crippen molar-refractivity contribution in [2.45, 2.75) is 32.7 Å². The van der Waals surface area contributed by atoms with Crippen LogP contribution in [0.4, 0.5) is 0 Å². The lowest BCUT2D eigenvalue weighted by Crippen LogP contribution is -2.30. The Morgan fingerprint density at radius 3 is 2.76 bits per heavy atom. The highest BCUT2D eigenvalue weighted by atomic mass is 32.1. The van der Waals surface area contributed by atoms with Gasteiger partial charge in [-0.1, -0.05) is 6.07 Å². The first-order valence-corrected chi connectivity index (χ1v) is 7.50. The van der Waals surface area contributed by atoms with Gasteiger partial charge in [0.1, 0.15) is 0 Å². The Bertz CT molecular complexity index is 731. The van der Waals surface area contributed by atoms with Crippen LogP contribution in [-0.2, 0) is 11.2 Å². The number of aromatic amines is 2. The molecule has 0 bridgehead atoms. The first-order chi connectivity index (χ1) is 9.97. The van der Waals surface area contributed by atoms with Crippen molar-refractivity contribution >= 4 is 17.2 Å². The van der Waals surface area contributed by atoms with Gasteiger partial charge in [-0.2, -0.15) is 0 Å². The number of aryl methyl sites for hydroxylation is 1. The quantitative estimate of drug-likeness (QED) is 0.775. The fraction of sp³-hybridized carbons (Fsp3) is 0.357. The molecule has 0 spiro atoms. The zero-order chi connectivity index (χ0) is 15.4. The summed E-state index contributed by atoms with van der Waals surface area (Å²) in [4.78, 5) is 40.5. The molecule has 0 radical (unpaired) electrons. The van der Waals surface area contributed by atoms with E-state index in [1.54, 1.807) is 18.3 Å². The van der Waals surface area contributed by atoms with Crippen molar-refractivity contribution < 1.29 is 4.79 Å². The van der Waals surface area contributed by atoms with E-state index in [9.17, 15) is 14.4 Å². The number of carbonyl (C=O) groups excluding carboxylic acids is 1. The third-order valence-electron chi connectivity index (χ3n) is 3.20. The maximum atomic E-state index is 11.9. The van der Waals surface area contributed by atoms with Gasteiger partial charge in [0.15, 0.2) is 0 Å². The van der Waals surface area contributed by atoms with Crippen LogP contribution in [0.3, 0.4) is 0 Å². The molecule has 21 heavy (non-hydrogen) atoms. The van der Waals surface area contributed by atoms with Gasteiger partial charge in [-0.15, -0.1) is 11.3 Å². The van der Waals surface area contributed by atoms with Gasteiger partial charge in [-0.25, -0.2) is 4.79 Å². The number of hydrogen-bond donors (Lipinski definition) is 3. The second kappa shape index (κ2) is 6.53. The lowest BCUT2D eigenvalue weighted by Gasteiger charge is -2.12. The SMILES string of the molecule is Cc1[nH]c(=O)[nH]c(=O)c1CCC(=O)N[C@H](C)c1cccs1. The van der Waals surface area contributed by atoms with Crippen LogP contribution in [-0.4, -0.2) is 15.9 Å². The number of hydrogen-bond acceptors (Lipinski definition) is 4. The monoisotopic (exact) mass is 307 g/mol. The third-order valence-corrected chi connectivity index (χ3v) is 4.26. The van der Waals surface area contributed by atoms with E-state index in [1.807, 2.05) is 24.4 Å². The van der Waals surface area contributed by atoms with E-state index in [4.69, 9.17) is 0 Å². The Kier molecular flexibility index (Phi) is 4.74. The molecular formula is C14H17N3O3S. The second-order valence-electron chi connectivity index (χ2n) is 4.82. The lowest BCUT2D eigenvalue weighted by atomic mass is 10.1. The second-order valence-corrected chi connectivity index (χ2v) is 5.80. The van der Waals surface area contributed by atoms with Gasteiger partial charge in [-0.05, 0) is 31.7 Å². The van der Waals surface area contributed by atoms with Crippen molar-refractivity contribution in [2.24, 2.45) is 0 Å². The van der Waals surface area contributed by atoms with E-state index in [1.165, 1.54) is 0 Å². The Labute approximate surface area is 125 Å². The molecule has 7 heteroatoms. The molecule has 2 rings (SSSR count). The molecule has 0 unspecified atom stereocenters. The standard InChI is InChI=1S/C14H17N3O3S/c1-8-10(13(19)17-14(20)16-8)5-6-12(18)15-9(2)11-4-3-7-21-11/h3-4,7,9H,5-6H2,1-2H3,(H,15,18)(H2,16,17,19,20)/t9-/m1/s1. The first kappa shape index (κ1) is 15.2. The smallest absolute Gasteiger partial charge is 0.325 e. The highest BCUT2D eigenvalue weighted by molar-refractivity contribution is 7.10. The van der Waals surface area contributed by atoms with E-state index >= 15 is 0 Å². The van der Waals surface area contributed by atoms with Gasteiger partial charge >= 0.3 is 5.69 Å². The molecule has 0 fully saturated rings. The summed E-state index contributed by atoms with van der Waals surface area (Å²) < 4.78 is 0. The molecule has 1 atom stereocenters. The van der Waals surface area contributed by atoms with E-state index in [2.05, 4.69) is 15.3 Å². The average molecular weight is 307 g/mol. The van der Waals surface area contributed by atoms with Crippen LogP contribution >= 0.6 is 11.3 Å². The molecule has 0 aliphatic heterocycles. The Balaban J connectivity index is 1.96. The van der Waals surface area contributed by atoms with E-state index in [0.29, 0.717) is 17.7 Å². The topological polar surface area (TPSA) is 94.8 Å². The fourth-order valence-electron chi connectivity index (χ4n) is 2.09. The summed E-state index contributed by atoms with van der Waals surface area (Å²) in [7, 11) is 0. The highest BCUT2D eigenvalue weighted by Crippen LogP contribution is 2.18. The zero-order valence-electron chi connectivity index (χ0n) is 11.9. The summed E-state index contributed by atoms with van der Waals surface area (Å²) in [6.45, 7) is 3.57. The number of carbonyl (C=O) groups is 1. The predicted molar refractivity (Wildman–Crippen MR) is 81.6 cm³/mol. The number of nitrogens with one attached hydrogen (secondary N) is 3. The summed E-state index contributed by atoms with van der Waals surface area (Å²) in [5.74, 6) is -0.124. The van der Waals surface area contributed by atoms with E-state index in [0.717, 1.165) is 4.88 Å². The molecule has 0 saturated carbocycles. The van der Waals surface area contributed by atoms with Gasteiger partial charge in [-0.3, -0.25) is 14.6 Å². The van der Waals surface area contributed by atoms with E-state index < -0.39 is 11.2 Å². The predicted octanol–water partition coefficient (Wildman–Crippen LogP) is 1.24. The molecule has 0 aliphatic carbocycles. The number of amides is 1. The molecule has 112 valence electrons. The van der Waals surface area contributed by atoms with Crippen molar-refractivity contribution in [3.05, 3.63) is 54.5 Å². The summed E-state index contributed by atoms with van der Waals surface area (Å²) in [5.41, 5.74) is -0.0243. The summed E-state index contributed by atoms with van der Waals surface area (Å²) >= 11 is 1.58. The van der Waals surface area contributed by atoms with Crippen molar-refractivity contribution in [3.8, 4) is 0 Å². The molecule has 1 amide bonds. The van der Waals surface area contributed by atoms with Crippen LogP contribution in [0.5, 0.6) is 0 Å². The Morgan fingerprint density at radius 2 is 2.14 bits per heavy atom. The van der Waals surface area contributed by atoms with Gasteiger partial charge < -0.3 is 10.3 Å². The molecule has 3 N–H and O–H groups in total. The van der Waals surface area contributed by atoms with Crippen molar-refractivity contribution in [1.82, 2.24) is 15.3 Å². The molecule has 2 aromatic heterocycles. The minimum absolute atomic E-state index is 0.0486. The third kappa shape index (κ3) is 3.91. The van der Waals surface area contributed by atoms with Crippen LogP contribution in [0.2, 0.25) is 0 Å². The minimum Gasteiger partial charge on any atom is -0.349 e. The van der Waals surface area contributed by atoms with Crippen LogP contribution < -0.4 is 16.6 Å². The van der Waals surface area contributed by atoms with Gasteiger partial charge in [0.25, 0.3) is 5.56 Å². The molecule has 0 aliphatic rings. The number of rotatable bonds is 5. The van der Waals surface area contributed by atoms with Crippen molar-refractivity contribution in [3.63, 3.8) is 0 Å². The first-order valence-electron chi connectivity index (χ1n) is 6.62. The van der Waals surface area contributed by atoms with Gasteiger partial charge in [0, 0.05) is 22.6 Å². The zero-order valence-corrected chi connectivity index (χ0v) is 12.7. The average Bonchev–Trinajstić information content (AvgIpc) is 2.91. The summed E-state index contributed by atoms with van der Waals surface area (Å²) in [5, 5.41) is 4.85. The van der Waals surface area contributed by atoms with Crippen LogP contribution in [0.1, 0.15) is 35.5 Å². The highest BCUT2D eigenvalue weighted by Gasteiger charge is 2.12. The van der Waals surface area contributed by atoms with Gasteiger partial charge in [0.2, 0.25) is 5.91 Å². The molecule has 2 aromatic rings. The summed E-state index contributed by atoms with van der Waals surface area (Å²) in [6.07, 6.45) is 0.493. The molecule has 6 nitrogen and oxygen atoms in total. The normalized spacial score (nSPS) is 12.1. The lowest BCUT2D eigenvalue weighted by molar-refractivity contribution is -0.121. The van der Waals surface area contributed by atoms with Crippen LogP contribution in [0.15, 0.2) is 27.1 Å². The molecule has 0 aromatic carbocycles. The maximum Gasteiger partial charge on any atom is 0.325 e. The van der Waals surface area contributed by atoms with Crippen LogP contribution in [0.25, 0.3) is 0 Å². The Morgan fingerprint density at radius 1 is 1.38 bits per heavy atom. The van der Waals surface area contributed by atoms with Crippen molar-refractivity contribution in [1.29, 1.82) is 0 Å². The molecular weight excluding hydrogens is 290 g/mol. The van der Waals surface area contributed by atoms with Crippen molar-refractivity contribution in [2.75, 3.05) is 0 Å². The van der Waals surface area contributed by atoms with E-state index in [-0.39, 0.29) is 18.4 Å². The number of H-pyrrole nitrogens is 2.